The molecule has 0 saturated heterocycles. The van der Waals surface area contributed by atoms with E-state index < -0.39 is 0 Å². The van der Waals surface area contributed by atoms with Crippen molar-refractivity contribution in [3.8, 4) is 45.3 Å². The fourth-order valence-corrected chi connectivity index (χ4v) is 9.62. The lowest BCUT2D eigenvalue weighted by Gasteiger charge is -2.13. The van der Waals surface area contributed by atoms with Gasteiger partial charge in [-0.1, -0.05) is 164 Å². The smallest absolute Gasteiger partial charge is 0.164 e. The van der Waals surface area contributed by atoms with Crippen molar-refractivity contribution in [1.29, 1.82) is 0 Å². The summed E-state index contributed by atoms with van der Waals surface area (Å²) in [6, 6.07) is 71.6. The fraction of sp³-hybridized carbons (Fsp3) is 0. The largest absolute Gasteiger partial charge is 0.307 e. The van der Waals surface area contributed by atoms with E-state index in [0.717, 1.165) is 38.9 Å². The first-order valence-electron chi connectivity index (χ1n) is 20.4. The zero-order chi connectivity index (χ0) is 39.3. The molecule has 0 bridgehead atoms. The summed E-state index contributed by atoms with van der Waals surface area (Å²) in [7, 11) is 0. The normalized spacial score (nSPS) is 12.0. The van der Waals surface area contributed by atoms with Crippen molar-refractivity contribution in [2.75, 3.05) is 0 Å². The van der Waals surface area contributed by atoms with Gasteiger partial charge in [0.15, 0.2) is 17.5 Å². The Hall–Kier alpha value is -8.15. The molecule has 13 aromatic rings. The Bertz CT molecular complexity index is 3820. The summed E-state index contributed by atoms with van der Waals surface area (Å²) >= 11 is 0. The highest BCUT2D eigenvalue weighted by Crippen LogP contribution is 2.44. The van der Waals surface area contributed by atoms with Crippen molar-refractivity contribution in [2.24, 2.45) is 0 Å². The van der Waals surface area contributed by atoms with Crippen LogP contribution in [0.1, 0.15) is 0 Å². The Kier molecular flexibility index (Phi) is 6.95. The van der Waals surface area contributed by atoms with Crippen molar-refractivity contribution in [2.45, 2.75) is 0 Å². The zero-order valence-electron chi connectivity index (χ0n) is 32.3. The summed E-state index contributed by atoms with van der Waals surface area (Å²) in [4.78, 5) is 15.0. The predicted molar refractivity (Wildman–Crippen MR) is 249 cm³/mol. The highest BCUT2D eigenvalue weighted by molar-refractivity contribution is 6.29. The molecular weight excluding hydrogens is 731 g/mol. The molecule has 0 aliphatic rings. The lowest BCUT2D eigenvalue weighted by Crippen LogP contribution is -2.00. The van der Waals surface area contributed by atoms with Gasteiger partial charge in [0, 0.05) is 49.0 Å². The summed E-state index contributed by atoms with van der Waals surface area (Å²) in [5.41, 5.74) is 12.2. The van der Waals surface area contributed by atoms with Crippen LogP contribution in [0.5, 0.6) is 0 Å². The van der Waals surface area contributed by atoms with Crippen LogP contribution in [-0.2, 0) is 0 Å². The number of nitrogens with zero attached hydrogens (tertiary/aromatic N) is 5. The maximum atomic E-state index is 5.05. The molecule has 60 heavy (non-hydrogen) atoms. The molecule has 0 N–H and O–H groups in total. The summed E-state index contributed by atoms with van der Waals surface area (Å²) < 4.78 is 5.03. The SMILES string of the molecule is c1ccc(-c2nc(-c3ccccc3)nc(-c3cccc(-c4ccc5c(c4)c4ccccc4n4c6ccccc6c6ccc7c8c9ccccc9ccc8n5c7c64)c3)n2)cc1. The molecule has 0 unspecified atom stereocenters. The van der Waals surface area contributed by atoms with Crippen LogP contribution in [0.25, 0.3) is 121 Å². The third-order valence-corrected chi connectivity index (χ3v) is 12.3. The maximum absolute atomic E-state index is 5.05. The first-order valence-corrected chi connectivity index (χ1v) is 20.4. The van der Waals surface area contributed by atoms with Crippen LogP contribution in [0.4, 0.5) is 0 Å². The number of para-hydroxylation sites is 2. The Balaban J connectivity index is 1.12. The average molecular weight is 764 g/mol. The van der Waals surface area contributed by atoms with E-state index in [4.69, 9.17) is 15.0 Å². The molecule has 13 rings (SSSR count). The molecule has 0 spiro atoms. The number of aromatic nitrogens is 5. The Morgan fingerprint density at radius 2 is 0.750 bits per heavy atom. The third-order valence-electron chi connectivity index (χ3n) is 12.3. The van der Waals surface area contributed by atoms with E-state index in [0.29, 0.717) is 17.5 Å². The van der Waals surface area contributed by atoms with Gasteiger partial charge in [0.1, 0.15) is 0 Å². The van der Waals surface area contributed by atoms with E-state index >= 15 is 0 Å². The average Bonchev–Trinajstić information content (AvgIpc) is 3.84. The molecule has 0 amide bonds. The van der Waals surface area contributed by atoms with Gasteiger partial charge >= 0.3 is 0 Å². The molecule has 0 fully saturated rings. The van der Waals surface area contributed by atoms with Gasteiger partial charge in [0.25, 0.3) is 0 Å². The van der Waals surface area contributed by atoms with Gasteiger partial charge in [-0.05, 0) is 58.3 Å². The molecule has 5 nitrogen and oxygen atoms in total. The molecule has 5 heteroatoms. The van der Waals surface area contributed by atoms with E-state index in [-0.39, 0.29) is 0 Å². The first-order chi connectivity index (χ1) is 29.8. The van der Waals surface area contributed by atoms with Gasteiger partial charge in [-0.15, -0.1) is 0 Å². The molecule has 0 radical (unpaired) electrons. The van der Waals surface area contributed by atoms with Crippen molar-refractivity contribution >= 4 is 76.2 Å². The molecular formula is C55H33N5. The highest BCUT2D eigenvalue weighted by atomic mass is 15.0. The van der Waals surface area contributed by atoms with Crippen LogP contribution in [0, 0.1) is 0 Å². The van der Waals surface area contributed by atoms with Crippen LogP contribution < -0.4 is 0 Å². The second-order valence-corrected chi connectivity index (χ2v) is 15.6. The topological polar surface area (TPSA) is 47.5 Å². The summed E-state index contributed by atoms with van der Waals surface area (Å²) in [6.45, 7) is 0. The molecule has 4 aromatic heterocycles. The second-order valence-electron chi connectivity index (χ2n) is 15.6. The van der Waals surface area contributed by atoms with Crippen molar-refractivity contribution < 1.29 is 0 Å². The fourth-order valence-electron chi connectivity index (χ4n) is 9.62. The van der Waals surface area contributed by atoms with Crippen LogP contribution >= 0.6 is 0 Å². The van der Waals surface area contributed by atoms with Gasteiger partial charge in [0.05, 0.1) is 33.1 Å². The summed E-state index contributed by atoms with van der Waals surface area (Å²) in [5, 5.41) is 9.87. The number of hydrogen-bond donors (Lipinski definition) is 0. The molecule has 0 aliphatic heterocycles. The van der Waals surface area contributed by atoms with Gasteiger partial charge in [-0.2, -0.15) is 0 Å². The molecule has 278 valence electrons. The zero-order valence-corrected chi connectivity index (χ0v) is 32.3. The highest BCUT2D eigenvalue weighted by Gasteiger charge is 2.22. The van der Waals surface area contributed by atoms with E-state index in [2.05, 4.69) is 148 Å². The van der Waals surface area contributed by atoms with Crippen LogP contribution in [0.3, 0.4) is 0 Å². The van der Waals surface area contributed by atoms with Gasteiger partial charge in [0.2, 0.25) is 0 Å². The Morgan fingerprint density at radius 1 is 0.267 bits per heavy atom. The van der Waals surface area contributed by atoms with Crippen molar-refractivity contribution in [3.05, 3.63) is 200 Å². The van der Waals surface area contributed by atoms with E-state index in [1.165, 1.54) is 65.2 Å². The van der Waals surface area contributed by atoms with E-state index in [9.17, 15) is 0 Å². The number of rotatable bonds is 4. The number of benzene rings is 9. The monoisotopic (exact) mass is 763 g/mol. The minimum absolute atomic E-state index is 0.634. The van der Waals surface area contributed by atoms with Crippen LogP contribution in [0.15, 0.2) is 200 Å². The summed E-state index contributed by atoms with van der Waals surface area (Å²) in [6.07, 6.45) is 0. The number of hydrogen-bond acceptors (Lipinski definition) is 3. The van der Waals surface area contributed by atoms with Gasteiger partial charge < -0.3 is 8.80 Å². The van der Waals surface area contributed by atoms with Crippen molar-refractivity contribution in [3.63, 3.8) is 0 Å². The van der Waals surface area contributed by atoms with Crippen molar-refractivity contribution in [1.82, 2.24) is 23.8 Å². The summed E-state index contributed by atoms with van der Waals surface area (Å²) in [5.74, 6) is 1.93. The minimum atomic E-state index is 0.634. The lowest BCUT2D eigenvalue weighted by atomic mass is 9.99. The minimum Gasteiger partial charge on any atom is -0.307 e. The molecule has 4 heterocycles. The van der Waals surface area contributed by atoms with E-state index in [1.807, 2.05) is 60.7 Å². The second kappa shape index (κ2) is 12.7. The Morgan fingerprint density at radius 3 is 1.47 bits per heavy atom. The number of fused-ring (bicyclic) bond motifs is 13. The first kappa shape index (κ1) is 32.9. The van der Waals surface area contributed by atoms with Crippen LogP contribution in [0.2, 0.25) is 0 Å². The standard InChI is InChI=1S/C55H33N5/c1-3-15-35(16-4-1)53-56-54(36-17-5-2-6-18-36)58-55(57-53)39-20-13-19-37(32-39)38-27-30-48-45(33-38)42-23-10-12-25-47(42)59-46-24-11-9-22-41(46)43-28-29-44-50-40-21-8-7-14-34(40)26-31-49(50)60(48)52(44)51(43)59/h1-33H. The molecule has 0 saturated carbocycles. The quantitative estimate of drug-likeness (QED) is 0.179. The molecule has 0 aliphatic carbocycles. The third kappa shape index (κ3) is 4.77. The van der Waals surface area contributed by atoms with Crippen LogP contribution in [-0.4, -0.2) is 23.8 Å². The molecule has 0 atom stereocenters. The predicted octanol–water partition coefficient (Wildman–Crippen LogP) is 14.0. The Labute approximate surface area is 344 Å². The molecule has 9 aromatic carbocycles. The van der Waals surface area contributed by atoms with E-state index in [1.54, 1.807) is 0 Å². The lowest BCUT2D eigenvalue weighted by molar-refractivity contribution is 1.07. The van der Waals surface area contributed by atoms with Gasteiger partial charge in [-0.3, -0.25) is 0 Å². The van der Waals surface area contributed by atoms with Gasteiger partial charge in [-0.25, -0.2) is 15.0 Å². The maximum Gasteiger partial charge on any atom is 0.164 e.